The van der Waals surface area contributed by atoms with Gasteiger partial charge >= 0.3 is 5.97 Å². The van der Waals surface area contributed by atoms with E-state index in [1.165, 1.54) is 24.0 Å². The maximum atomic E-state index is 10.5. The van der Waals surface area contributed by atoms with Crippen LogP contribution in [-0.4, -0.2) is 17.5 Å². The third-order valence-electron chi connectivity index (χ3n) is 1.21. The highest BCUT2D eigenvalue weighted by molar-refractivity contribution is 14.1. The molecular weight excluding hydrogens is 255 g/mol. The van der Waals surface area contributed by atoms with Crippen LogP contribution in [0.4, 0.5) is 0 Å². The Morgan fingerprint density at radius 3 is 2.82 bits per heavy atom. The number of carbonyl (C=O) groups is 1. The molecule has 11 heavy (non-hydrogen) atoms. The Bertz CT molecular complexity index is 132. The minimum absolute atomic E-state index is 0.264. The summed E-state index contributed by atoms with van der Waals surface area (Å²) in [5.74, 6) is -0.264. The van der Waals surface area contributed by atoms with Gasteiger partial charge in [-0.2, -0.15) is 0 Å². The maximum Gasteiger partial charge on any atom is 0.330 e. The van der Waals surface area contributed by atoms with Crippen LogP contribution < -0.4 is 0 Å². The highest BCUT2D eigenvalue weighted by Crippen LogP contribution is 1.99. The van der Waals surface area contributed by atoms with Gasteiger partial charge in [-0.15, -0.1) is 0 Å². The lowest BCUT2D eigenvalue weighted by atomic mass is 10.2. The molecular formula is C8H13IO2. The molecule has 64 valence electrons. The topological polar surface area (TPSA) is 26.3 Å². The summed E-state index contributed by atoms with van der Waals surface area (Å²) >= 11 is 2.34. The van der Waals surface area contributed by atoms with Crippen molar-refractivity contribution in [1.29, 1.82) is 0 Å². The summed E-state index contributed by atoms with van der Waals surface area (Å²) in [5, 5.41) is 0. The van der Waals surface area contributed by atoms with Crippen molar-refractivity contribution in [3.63, 3.8) is 0 Å². The number of unbranched alkanes of at least 4 members (excludes halogenated alkanes) is 2. The number of hydrogen-bond acceptors (Lipinski definition) is 2. The van der Waals surface area contributed by atoms with E-state index in [1.807, 2.05) is 6.08 Å². The molecule has 0 amide bonds. The summed E-state index contributed by atoms with van der Waals surface area (Å²) in [6.45, 7) is 0. The Morgan fingerprint density at radius 1 is 1.55 bits per heavy atom. The summed E-state index contributed by atoms with van der Waals surface area (Å²) < 4.78 is 5.61. The number of alkyl halides is 1. The van der Waals surface area contributed by atoms with Crippen LogP contribution in [0, 0.1) is 0 Å². The van der Waals surface area contributed by atoms with Gasteiger partial charge in [-0.05, 0) is 23.7 Å². The Morgan fingerprint density at radius 2 is 2.27 bits per heavy atom. The minimum Gasteiger partial charge on any atom is -0.466 e. The molecule has 0 radical (unpaired) electrons. The molecule has 0 aliphatic carbocycles. The first-order chi connectivity index (χ1) is 5.31. The monoisotopic (exact) mass is 268 g/mol. The van der Waals surface area contributed by atoms with Gasteiger partial charge in [0.25, 0.3) is 0 Å². The first kappa shape index (κ1) is 10.9. The lowest BCUT2D eigenvalue weighted by Crippen LogP contribution is -1.93. The molecule has 0 aromatic carbocycles. The van der Waals surface area contributed by atoms with Crippen molar-refractivity contribution in [2.45, 2.75) is 19.3 Å². The van der Waals surface area contributed by atoms with Crippen molar-refractivity contribution < 1.29 is 9.53 Å². The smallest absolute Gasteiger partial charge is 0.330 e. The highest BCUT2D eigenvalue weighted by atomic mass is 127. The van der Waals surface area contributed by atoms with E-state index in [-0.39, 0.29) is 5.97 Å². The second-order valence-corrected chi connectivity index (χ2v) is 3.19. The zero-order valence-corrected chi connectivity index (χ0v) is 8.84. The normalized spacial score (nSPS) is 10.4. The summed E-state index contributed by atoms with van der Waals surface area (Å²) in [4.78, 5) is 10.5. The summed E-state index contributed by atoms with van der Waals surface area (Å²) in [6, 6.07) is 0. The number of methoxy groups -OCH3 is 1. The third kappa shape index (κ3) is 7.84. The van der Waals surface area contributed by atoms with Crippen LogP contribution in [0.15, 0.2) is 12.2 Å². The van der Waals surface area contributed by atoms with Gasteiger partial charge in [0.2, 0.25) is 0 Å². The average molecular weight is 268 g/mol. The fourth-order valence-electron chi connectivity index (χ4n) is 0.604. The van der Waals surface area contributed by atoms with E-state index in [9.17, 15) is 4.79 Å². The molecule has 0 heterocycles. The van der Waals surface area contributed by atoms with Gasteiger partial charge in [0.15, 0.2) is 0 Å². The van der Waals surface area contributed by atoms with Crippen LogP contribution in [0.3, 0.4) is 0 Å². The molecule has 0 aromatic heterocycles. The number of halogens is 1. The maximum absolute atomic E-state index is 10.5. The third-order valence-corrected chi connectivity index (χ3v) is 1.97. The Hall–Kier alpha value is -0.0600. The molecule has 0 aliphatic rings. The Balaban J connectivity index is 3.22. The number of rotatable bonds is 5. The molecule has 0 atom stereocenters. The molecule has 0 fully saturated rings. The molecule has 0 N–H and O–H groups in total. The van der Waals surface area contributed by atoms with Crippen molar-refractivity contribution >= 4 is 28.6 Å². The second-order valence-electron chi connectivity index (χ2n) is 2.11. The van der Waals surface area contributed by atoms with Crippen LogP contribution in [0.1, 0.15) is 19.3 Å². The Kier molecular flexibility index (Phi) is 8.00. The Labute approximate surface area is 81.1 Å². The molecule has 3 heteroatoms. The quantitative estimate of drug-likeness (QED) is 0.251. The molecule has 0 spiro atoms. The van der Waals surface area contributed by atoms with Crippen LogP contribution in [0.2, 0.25) is 0 Å². The van der Waals surface area contributed by atoms with Gasteiger partial charge in [0, 0.05) is 6.08 Å². The van der Waals surface area contributed by atoms with Crippen molar-refractivity contribution in [2.24, 2.45) is 0 Å². The molecule has 2 nitrogen and oxygen atoms in total. The van der Waals surface area contributed by atoms with E-state index in [0.717, 1.165) is 12.8 Å². The lowest BCUT2D eigenvalue weighted by molar-refractivity contribution is -0.134. The van der Waals surface area contributed by atoms with Gasteiger partial charge < -0.3 is 4.74 Å². The van der Waals surface area contributed by atoms with Crippen molar-refractivity contribution in [1.82, 2.24) is 0 Å². The first-order valence-corrected chi connectivity index (χ1v) is 5.14. The fourth-order valence-corrected chi connectivity index (χ4v) is 1.14. The van der Waals surface area contributed by atoms with Crippen molar-refractivity contribution in [3.05, 3.63) is 12.2 Å². The molecule has 0 aliphatic heterocycles. The average Bonchev–Trinajstić information content (AvgIpc) is 2.04. The summed E-state index contributed by atoms with van der Waals surface area (Å²) in [6.07, 6.45) is 6.67. The summed E-state index contributed by atoms with van der Waals surface area (Å²) in [5.41, 5.74) is 0. The van der Waals surface area contributed by atoms with E-state index in [4.69, 9.17) is 0 Å². The molecule has 0 rings (SSSR count). The van der Waals surface area contributed by atoms with E-state index in [1.54, 1.807) is 0 Å². The van der Waals surface area contributed by atoms with E-state index in [0.29, 0.717) is 0 Å². The van der Waals surface area contributed by atoms with Gasteiger partial charge in [-0.25, -0.2) is 4.79 Å². The molecule has 0 saturated heterocycles. The van der Waals surface area contributed by atoms with Gasteiger partial charge in [0.1, 0.15) is 0 Å². The van der Waals surface area contributed by atoms with Gasteiger partial charge in [0.05, 0.1) is 7.11 Å². The van der Waals surface area contributed by atoms with Crippen molar-refractivity contribution in [3.8, 4) is 0 Å². The zero-order valence-electron chi connectivity index (χ0n) is 6.68. The van der Waals surface area contributed by atoms with Crippen LogP contribution in [0.25, 0.3) is 0 Å². The van der Waals surface area contributed by atoms with E-state index >= 15 is 0 Å². The standard InChI is InChI=1S/C8H13IO2/c1-11-8(10)6-4-2-3-5-7-9/h4,6H,2-3,5,7H2,1H3. The minimum atomic E-state index is -0.264. The van der Waals surface area contributed by atoms with E-state index in [2.05, 4.69) is 27.3 Å². The van der Waals surface area contributed by atoms with Crippen molar-refractivity contribution in [2.75, 3.05) is 11.5 Å². The largest absolute Gasteiger partial charge is 0.466 e. The van der Waals surface area contributed by atoms with Crippen LogP contribution in [0.5, 0.6) is 0 Å². The zero-order chi connectivity index (χ0) is 8.53. The number of ether oxygens (including phenoxy) is 1. The van der Waals surface area contributed by atoms with Crippen LogP contribution >= 0.6 is 22.6 Å². The summed E-state index contributed by atoms with van der Waals surface area (Å²) in [7, 11) is 1.39. The van der Waals surface area contributed by atoms with Gasteiger partial charge in [-0.1, -0.05) is 28.7 Å². The second kappa shape index (κ2) is 8.04. The SMILES string of the molecule is COC(=O)C=CCCCCI. The molecule has 0 unspecified atom stereocenters. The molecule has 0 saturated carbocycles. The first-order valence-electron chi connectivity index (χ1n) is 3.61. The molecule has 0 aromatic rings. The fraction of sp³-hybridized carbons (Fsp3) is 0.625. The number of carbonyl (C=O) groups excluding carboxylic acids is 1. The highest BCUT2D eigenvalue weighted by Gasteiger charge is 1.88. The number of allylic oxidation sites excluding steroid dienone is 1. The molecule has 0 bridgehead atoms. The predicted molar refractivity (Wildman–Crippen MR) is 53.9 cm³/mol. The van der Waals surface area contributed by atoms with Crippen LogP contribution in [-0.2, 0) is 9.53 Å². The van der Waals surface area contributed by atoms with Gasteiger partial charge in [-0.3, -0.25) is 0 Å². The van der Waals surface area contributed by atoms with E-state index < -0.39 is 0 Å². The number of hydrogen-bond donors (Lipinski definition) is 0. The predicted octanol–water partition coefficient (Wildman–Crippen LogP) is 2.32. The number of esters is 1. The lowest BCUT2D eigenvalue weighted by Gasteiger charge is -1.91.